The van der Waals surface area contributed by atoms with Gasteiger partial charge in [0.05, 0.1) is 12.1 Å². The average Bonchev–Trinajstić information content (AvgIpc) is 3.42. The van der Waals surface area contributed by atoms with Crippen LogP contribution in [0.3, 0.4) is 0 Å². The van der Waals surface area contributed by atoms with Crippen molar-refractivity contribution in [1.29, 1.82) is 0 Å². The maximum atomic E-state index is 14.1. The Labute approximate surface area is 255 Å². The summed E-state index contributed by atoms with van der Waals surface area (Å²) >= 11 is 0. The molecular formula is C33H59N5O4. The zero-order valence-electron chi connectivity index (χ0n) is 28.3. The highest BCUT2D eigenvalue weighted by Crippen LogP contribution is 2.27. The Morgan fingerprint density at radius 1 is 0.905 bits per heavy atom. The number of nitrogens with zero attached hydrogens (tertiary/aromatic N) is 3. The predicted molar refractivity (Wildman–Crippen MR) is 169 cm³/mol. The highest BCUT2D eigenvalue weighted by molar-refractivity contribution is 5.97. The standard InChI is InChI=1S/C33H59N5O4/c1-12-24(7)34-29(39)26-17-15-19-38(26)31(41)23(6)20-27(21(2)3)36(11)32(42)28(33(8,9)10)35-30(40)25-16-13-14-18-37(25)22(4)5/h20-22,24-28H,12-19H2,1-11H3,(H,34,39)(H,35,40)/t24-,25+,26-,27+,28+/m0/s1. The SMILES string of the molecule is CC[C@H](C)NC(=O)[C@@H]1CCCN1C(=O)C(C)=C[C@H](C(C)C)N(C)C(=O)[C@@H](NC(=O)[C@H]1CCCCN1C(C)C)C(C)(C)C. The van der Waals surface area contributed by atoms with E-state index in [1.807, 2.05) is 54.5 Å². The molecule has 2 N–H and O–H groups in total. The molecule has 9 nitrogen and oxygen atoms in total. The van der Waals surface area contributed by atoms with Crippen LogP contribution in [0.1, 0.15) is 108 Å². The smallest absolute Gasteiger partial charge is 0.249 e. The molecule has 9 heteroatoms. The zero-order chi connectivity index (χ0) is 31.9. The lowest BCUT2D eigenvalue weighted by molar-refractivity contribution is -0.142. The van der Waals surface area contributed by atoms with E-state index in [1.54, 1.807) is 23.8 Å². The summed E-state index contributed by atoms with van der Waals surface area (Å²) in [5, 5.41) is 6.15. The van der Waals surface area contributed by atoms with Gasteiger partial charge in [-0.05, 0) is 77.7 Å². The van der Waals surface area contributed by atoms with Crippen LogP contribution in [-0.2, 0) is 19.2 Å². The lowest BCUT2D eigenvalue weighted by Crippen LogP contribution is -2.60. The number of hydrogen-bond acceptors (Lipinski definition) is 5. The van der Waals surface area contributed by atoms with Crippen molar-refractivity contribution in [1.82, 2.24) is 25.3 Å². The molecular weight excluding hydrogens is 530 g/mol. The van der Waals surface area contributed by atoms with E-state index in [0.29, 0.717) is 18.5 Å². The van der Waals surface area contributed by atoms with Crippen molar-refractivity contribution in [3.05, 3.63) is 11.6 Å². The Morgan fingerprint density at radius 3 is 2.05 bits per heavy atom. The molecule has 2 heterocycles. The van der Waals surface area contributed by atoms with E-state index in [0.717, 1.165) is 38.6 Å². The Morgan fingerprint density at radius 2 is 1.50 bits per heavy atom. The van der Waals surface area contributed by atoms with E-state index in [-0.39, 0.29) is 53.7 Å². The third-order valence-electron chi connectivity index (χ3n) is 8.96. The molecule has 2 aliphatic rings. The second-order valence-electron chi connectivity index (χ2n) is 14.2. The van der Waals surface area contributed by atoms with Crippen molar-refractivity contribution in [2.45, 2.75) is 144 Å². The minimum Gasteiger partial charge on any atom is -0.352 e. The topological polar surface area (TPSA) is 102 Å². The van der Waals surface area contributed by atoms with Gasteiger partial charge in [0.25, 0.3) is 0 Å². The number of hydrogen-bond donors (Lipinski definition) is 2. The quantitative estimate of drug-likeness (QED) is 0.353. The van der Waals surface area contributed by atoms with Crippen molar-refractivity contribution >= 4 is 23.6 Å². The van der Waals surface area contributed by atoms with Gasteiger partial charge < -0.3 is 20.4 Å². The van der Waals surface area contributed by atoms with Crippen LogP contribution in [0, 0.1) is 11.3 Å². The van der Waals surface area contributed by atoms with E-state index in [1.165, 1.54) is 0 Å². The number of likely N-dealkylation sites (N-methyl/N-ethyl adjacent to an activating group) is 1. The first kappa shape index (κ1) is 35.8. The summed E-state index contributed by atoms with van der Waals surface area (Å²) in [5.74, 6) is -0.520. The van der Waals surface area contributed by atoms with E-state index in [9.17, 15) is 19.2 Å². The minimum absolute atomic E-state index is 0.0240. The summed E-state index contributed by atoms with van der Waals surface area (Å²) in [6, 6.07) is -1.49. The van der Waals surface area contributed by atoms with Crippen LogP contribution in [0.25, 0.3) is 0 Å². The number of rotatable bonds is 11. The minimum atomic E-state index is -0.719. The van der Waals surface area contributed by atoms with Crippen molar-refractivity contribution in [3.63, 3.8) is 0 Å². The maximum Gasteiger partial charge on any atom is 0.249 e. The number of nitrogens with one attached hydrogen (secondary N) is 2. The Kier molecular flexibility index (Phi) is 13.1. The second kappa shape index (κ2) is 15.3. The van der Waals surface area contributed by atoms with Crippen LogP contribution in [-0.4, -0.2) is 94.7 Å². The predicted octanol–water partition coefficient (Wildman–Crippen LogP) is 4.12. The van der Waals surface area contributed by atoms with Gasteiger partial charge in [-0.1, -0.05) is 54.0 Å². The van der Waals surface area contributed by atoms with Crippen molar-refractivity contribution < 1.29 is 19.2 Å². The lowest BCUT2D eigenvalue weighted by Gasteiger charge is -2.41. The molecule has 240 valence electrons. The molecule has 0 aromatic heterocycles. The van der Waals surface area contributed by atoms with E-state index in [4.69, 9.17) is 0 Å². The summed E-state index contributed by atoms with van der Waals surface area (Å²) in [5.41, 5.74) is 0.00271. The van der Waals surface area contributed by atoms with Gasteiger partial charge in [-0.2, -0.15) is 0 Å². The molecule has 5 atom stereocenters. The number of carbonyl (C=O) groups is 4. The summed E-state index contributed by atoms with van der Waals surface area (Å²) in [7, 11) is 1.76. The molecule has 2 rings (SSSR count). The fourth-order valence-electron chi connectivity index (χ4n) is 6.12. The van der Waals surface area contributed by atoms with E-state index in [2.05, 4.69) is 29.4 Å². The monoisotopic (exact) mass is 589 g/mol. The first-order valence-electron chi connectivity index (χ1n) is 16.1. The Balaban J connectivity index is 2.26. The Bertz CT molecular complexity index is 985. The van der Waals surface area contributed by atoms with Gasteiger partial charge in [-0.25, -0.2) is 0 Å². The van der Waals surface area contributed by atoms with Crippen LogP contribution < -0.4 is 10.6 Å². The molecule has 0 unspecified atom stereocenters. The van der Waals surface area contributed by atoms with Gasteiger partial charge in [-0.3, -0.25) is 24.1 Å². The molecule has 0 aromatic carbocycles. The molecule has 0 aromatic rings. The zero-order valence-corrected chi connectivity index (χ0v) is 28.3. The van der Waals surface area contributed by atoms with Gasteiger partial charge in [-0.15, -0.1) is 0 Å². The average molecular weight is 590 g/mol. The highest BCUT2D eigenvalue weighted by Gasteiger charge is 2.40. The van der Waals surface area contributed by atoms with Gasteiger partial charge >= 0.3 is 0 Å². The molecule has 0 bridgehead atoms. The third kappa shape index (κ3) is 9.04. The van der Waals surface area contributed by atoms with Crippen molar-refractivity contribution in [2.24, 2.45) is 11.3 Å². The summed E-state index contributed by atoms with van der Waals surface area (Å²) in [4.78, 5) is 59.7. The lowest BCUT2D eigenvalue weighted by atomic mass is 9.84. The van der Waals surface area contributed by atoms with Crippen molar-refractivity contribution in [3.8, 4) is 0 Å². The molecule has 0 spiro atoms. The van der Waals surface area contributed by atoms with Gasteiger partial charge in [0, 0.05) is 31.2 Å². The number of likely N-dealkylation sites (tertiary alicyclic amines) is 2. The van der Waals surface area contributed by atoms with Crippen LogP contribution in [0.15, 0.2) is 11.6 Å². The second-order valence-corrected chi connectivity index (χ2v) is 14.2. The summed E-state index contributed by atoms with van der Waals surface area (Å²) < 4.78 is 0. The van der Waals surface area contributed by atoms with Gasteiger partial charge in [0.2, 0.25) is 23.6 Å². The first-order chi connectivity index (χ1) is 19.5. The molecule has 0 aliphatic carbocycles. The van der Waals surface area contributed by atoms with Gasteiger partial charge in [0.1, 0.15) is 12.1 Å². The van der Waals surface area contributed by atoms with Crippen LogP contribution in [0.4, 0.5) is 0 Å². The van der Waals surface area contributed by atoms with Crippen LogP contribution in [0.2, 0.25) is 0 Å². The third-order valence-corrected chi connectivity index (χ3v) is 8.96. The van der Waals surface area contributed by atoms with Crippen LogP contribution in [0.5, 0.6) is 0 Å². The Hall–Kier alpha value is -2.42. The number of carbonyl (C=O) groups excluding carboxylic acids is 4. The fourth-order valence-corrected chi connectivity index (χ4v) is 6.12. The molecule has 2 aliphatic heterocycles. The van der Waals surface area contributed by atoms with E-state index >= 15 is 0 Å². The molecule has 2 saturated heterocycles. The largest absolute Gasteiger partial charge is 0.352 e. The van der Waals surface area contributed by atoms with E-state index < -0.39 is 17.5 Å². The van der Waals surface area contributed by atoms with Crippen molar-refractivity contribution in [2.75, 3.05) is 20.1 Å². The van der Waals surface area contributed by atoms with Gasteiger partial charge in [0.15, 0.2) is 0 Å². The number of piperidine rings is 1. The highest BCUT2D eigenvalue weighted by atomic mass is 16.2. The van der Waals surface area contributed by atoms with Crippen LogP contribution >= 0.6 is 0 Å². The summed E-state index contributed by atoms with van der Waals surface area (Å²) in [6.45, 7) is 21.3. The molecule has 42 heavy (non-hydrogen) atoms. The normalized spacial score (nSPS) is 22.6. The maximum absolute atomic E-state index is 14.1. The first-order valence-corrected chi connectivity index (χ1v) is 16.1. The molecule has 4 amide bonds. The summed E-state index contributed by atoms with van der Waals surface area (Å²) in [6.07, 6.45) is 6.98. The number of amides is 4. The molecule has 0 saturated carbocycles. The fraction of sp³-hybridized carbons (Fsp3) is 0.818. The molecule has 0 radical (unpaired) electrons. The molecule has 2 fully saturated rings.